The zero-order valence-electron chi connectivity index (χ0n) is 15.4. The first-order valence-electron chi connectivity index (χ1n) is 8.82. The van der Waals surface area contributed by atoms with Gasteiger partial charge >= 0.3 is 0 Å². The summed E-state index contributed by atoms with van der Waals surface area (Å²) in [7, 11) is 1.61. The monoisotopic (exact) mass is 368 g/mol. The molecule has 1 aliphatic rings. The number of aryl methyl sites for hydroxylation is 1. The van der Waals surface area contributed by atoms with E-state index in [0.29, 0.717) is 17.9 Å². The Hall–Kier alpha value is -3.92. The maximum Gasteiger partial charge on any atom is 0.137 e. The molecule has 3 aromatic heterocycles. The fourth-order valence-corrected chi connectivity index (χ4v) is 3.31. The molecule has 0 N–H and O–H groups in total. The van der Waals surface area contributed by atoms with Gasteiger partial charge in [0.15, 0.2) is 0 Å². The molecule has 7 heteroatoms. The van der Waals surface area contributed by atoms with Gasteiger partial charge in [-0.1, -0.05) is 11.3 Å². The van der Waals surface area contributed by atoms with E-state index in [0.717, 1.165) is 34.0 Å². The molecule has 0 atom stereocenters. The first-order valence-corrected chi connectivity index (χ1v) is 8.82. The topological polar surface area (TPSA) is 70.7 Å². The lowest BCUT2D eigenvalue weighted by atomic mass is 10.2. The van der Waals surface area contributed by atoms with Crippen LogP contribution in [-0.2, 0) is 6.42 Å². The fourth-order valence-electron chi connectivity index (χ4n) is 3.31. The van der Waals surface area contributed by atoms with Crippen molar-refractivity contribution in [2.24, 2.45) is 0 Å². The number of hydrogen-bond acceptors (Lipinski definition) is 5. The highest BCUT2D eigenvalue weighted by molar-refractivity contribution is 5.58. The predicted molar refractivity (Wildman–Crippen MR) is 103 cm³/mol. The summed E-state index contributed by atoms with van der Waals surface area (Å²) in [5.41, 5.74) is 6.55. The van der Waals surface area contributed by atoms with Crippen LogP contribution in [0.5, 0.6) is 5.75 Å². The Morgan fingerprint density at radius 2 is 1.96 bits per heavy atom. The number of imidazole rings is 1. The first kappa shape index (κ1) is 16.3. The number of hydrogen-bond donors (Lipinski definition) is 0. The summed E-state index contributed by atoms with van der Waals surface area (Å²) in [4.78, 5) is 8.85. The molecule has 0 bridgehead atoms. The van der Waals surface area contributed by atoms with Gasteiger partial charge in [-0.25, -0.2) is 14.6 Å². The molecule has 5 rings (SSSR count). The highest BCUT2D eigenvalue weighted by atomic mass is 16.5. The molecule has 0 saturated carbocycles. The Labute approximate surface area is 161 Å². The van der Waals surface area contributed by atoms with Gasteiger partial charge in [-0.15, -0.1) is 5.10 Å². The van der Waals surface area contributed by atoms with E-state index in [9.17, 15) is 0 Å². The SMILES string of the molecule is COc1ccc(C#Cc2ncn3c2Cc2cnnn2-c2cc(C)ccc2-3)nc1. The van der Waals surface area contributed by atoms with E-state index < -0.39 is 0 Å². The van der Waals surface area contributed by atoms with Crippen LogP contribution in [0, 0.1) is 18.8 Å². The average molecular weight is 368 g/mol. The van der Waals surface area contributed by atoms with Gasteiger partial charge in [-0.3, -0.25) is 4.57 Å². The molecule has 7 nitrogen and oxygen atoms in total. The number of fused-ring (bicyclic) bond motifs is 5. The molecule has 0 spiro atoms. The summed E-state index contributed by atoms with van der Waals surface area (Å²) in [5, 5.41) is 8.37. The lowest BCUT2D eigenvalue weighted by molar-refractivity contribution is 0.413. The van der Waals surface area contributed by atoms with Crippen molar-refractivity contribution in [1.82, 2.24) is 29.5 Å². The van der Waals surface area contributed by atoms with Crippen molar-refractivity contribution in [3.05, 3.63) is 77.4 Å². The van der Waals surface area contributed by atoms with Crippen molar-refractivity contribution in [1.29, 1.82) is 0 Å². The van der Waals surface area contributed by atoms with Crippen molar-refractivity contribution in [2.75, 3.05) is 7.11 Å². The van der Waals surface area contributed by atoms with Crippen LogP contribution in [0.1, 0.15) is 28.3 Å². The summed E-state index contributed by atoms with van der Waals surface area (Å²) < 4.78 is 9.10. The number of rotatable bonds is 1. The molecule has 136 valence electrons. The predicted octanol–water partition coefficient (Wildman–Crippen LogP) is 2.47. The zero-order chi connectivity index (χ0) is 19.1. The molecule has 0 fully saturated rings. The highest BCUT2D eigenvalue weighted by Gasteiger charge is 2.22. The molecule has 4 heterocycles. The molecular weight excluding hydrogens is 352 g/mol. The minimum Gasteiger partial charge on any atom is -0.495 e. The third-order valence-corrected chi connectivity index (χ3v) is 4.73. The number of nitrogens with zero attached hydrogens (tertiary/aromatic N) is 6. The van der Waals surface area contributed by atoms with E-state index in [2.05, 4.69) is 61.8 Å². The van der Waals surface area contributed by atoms with Crippen LogP contribution in [0.2, 0.25) is 0 Å². The lowest BCUT2D eigenvalue weighted by Crippen LogP contribution is -2.03. The number of pyridine rings is 1. The minimum absolute atomic E-state index is 0.640. The molecule has 1 aliphatic heterocycles. The summed E-state index contributed by atoms with van der Waals surface area (Å²) in [6.45, 7) is 2.06. The molecule has 0 amide bonds. The molecule has 0 aliphatic carbocycles. The van der Waals surface area contributed by atoms with Gasteiger partial charge in [0.05, 0.1) is 42.3 Å². The number of ether oxygens (including phenoxy) is 1. The Morgan fingerprint density at radius 3 is 2.79 bits per heavy atom. The molecule has 0 unspecified atom stereocenters. The van der Waals surface area contributed by atoms with Gasteiger partial charge in [0.1, 0.15) is 23.5 Å². The Kier molecular flexibility index (Phi) is 3.69. The Bertz CT molecular complexity index is 1240. The minimum atomic E-state index is 0.640. The summed E-state index contributed by atoms with van der Waals surface area (Å²) in [5.74, 6) is 6.96. The van der Waals surface area contributed by atoms with Gasteiger partial charge in [-0.2, -0.15) is 0 Å². The lowest BCUT2D eigenvalue weighted by Gasteiger charge is -2.10. The van der Waals surface area contributed by atoms with Crippen molar-refractivity contribution in [3.63, 3.8) is 0 Å². The second-order valence-electron chi connectivity index (χ2n) is 6.55. The van der Waals surface area contributed by atoms with E-state index in [1.807, 2.05) is 23.1 Å². The van der Waals surface area contributed by atoms with Gasteiger partial charge < -0.3 is 4.74 Å². The first-order chi connectivity index (χ1) is 13.7. The van der Waals surface area contributed by atoms with Crippen molar-refractivity contribution in [3.8, 4) is 29.0 Å². The van der Waals surface area contributed by atoms with E-state index >= 15 is 0 Å². The van der Waals surface area contributed by atoms with Crippen LogP contribution in [-0.4, -0.2) is 36.6 Å². The molecule has 0 radical (unpaired) electrons. The van der Waals surface area contributed by atoms with Gasteiger partial charge in [0.25, 0.3) is 0 Å². The quantitative estimate of drug-likeness (QED) is 0.425. The molecule has 28 heavy (non-hydrogen) atoms. The Balaban J connectivity index is 1.62. The second kappa shape index (κ2) is 6.35. The number of aromatic nitrogens is 6. The smallest absolute Gasteiger partial charge is 0.137 e. The number of methoxy groups -OCH3 is 1. The molecule has 0 saturated heterocycles. The molecule has 4 aromatic rings. The third kappa shape index (κ3) is 2.63. The van der Waals surface area contributed by atoms with Gasteiger partial charge in [0.2, 0.25) is 0 Å². The molecule has 1 aromatic carbocycles. The standard InChI is InChI=1S/C21H16N6O/c1-14-3-8-19-21(9-14)27-16(11-24-25-27)10-20-18(23-13-26(19)20)7-5-15-4-6-17(28-2)12-22-15/h3-4,6,8-9,11-13H,10H2,1-2H3. The summed E-state index contributed by atoms with van der Waals surface area (Å²) in [6, 6.07) is 9.94. The van der Waals surface area contributed by atoms with Crippen LogP contribution in [0.25, 0.3) is 11.4 Å². The maximum atomic E-state index is 5.13. The van der Waals surface area contributed by atoms with Crippen molar-refractivity contribution in [2.45, 2.75) is 13.3 Å². The normalized spacial score (nSPS) is 11.5. The van der Waals surface area contributed by atoms with Crippen molar-refractivity contribution < 1.29 is 4.74 Å². The highest BCUT2D eigenvalue weighted by Crippen LogP contribution is 2.29. The average Bonchev–Trinajstić information content (AvgIpc) is 3.32. The summed E-state index contributed by atoms with van der Waals surface area (Å²) in [6.07, 6.45) is 5.90. The summed E-state index contributed by atoms with van der Waals surface area (Å²) >= 11 is 0. The van der Waals surface area contributed by atoms with Gasteiger partial charge in [0, 0.05) is 6.42 Å². The Morgan fingerprint density at radius 1 is 1.04 bits per heavy atom. The molecular formula is C21H16N6O. The van der Waals surface area contributed by atoms with Crippen LogP contribution < -0.4 is 4.74 Å². The van der Waals surface area contributed by atoms with E-state index in [-0.39, 0.29) is 0 Å². The number of benzene rings is 1. The van der Waals surface area contributed by atoms with Crippen LogP contribution >= 0.6 is 0 Å². The van der Waals surface area contributed by atoms with Crippen LogP contribution in [0.15, 0.2) is 49.1 Å². The van der Waals surface area contributed by atoms with E-state index in [4.69, 9.17) is 4.74 Å². The second-order valence-corrected chi connectivity index (χ2v) is 6.55. The largest absolute Gasteiger partial charge is 0.495 e. The van der Waals surface area contributed by atoms with Crippen molar-refractivity contribution >= 4 is 0 Å². The van der Waals surface area contributed by atoms with Gasteiger partial charge in [-0.05, 0) is 48.6 Å². The fraction of sp³-hybridized carbons (Fsp3) is 0.143. The third-order valence-electron chi connectivity index (χ3n) is 4.73. The van der Waals surface area contributed by atoms with Crippen LogP contribution in [0.3, 0.4) is 0 Å². The zero-order valence-corrected chi connectivity index (χ0v) is 15.4. The van der Waals surface area contributed by atoms with Crippen LogP contribution in [0.4, 0.5) is 0 Å². The maximum absolute atomic E-state index is 5.13. The van der Waals surface area contributed by atoms with E-state index in [1.165, 1.54) is 0 Å². The van der Waals surface area contributed by atoms with E-state index in [1.54, 1.807) is 19.5 Å².